The maximum atomic E-state index is 6.14. The van der Waals surface area contributed by atoms with Crippen LogP contribution in [0.4, 0.5) is 0 Å². The summed E-state index contributed by atoms with van der Waals surface area (Å²) < 4.78 is 13.2. The minimum absolute atomic E-state index is 0.192. The molecule has 0 amide bonds. The third-order valence-electron chi connectivity index (χ3n) is 4.84. The minimum atomic E-state index is 0.192. The van der Waals surface area contributed by atoms with Gasteiger partial charge in [-0.3, -0.25) is 0 Å². The number of ether oxygens (including phenoxy) is 2. The fourth-order valence-electron chi connectivity index (χ4n) is 3.49. The first-order valence-corrected chi connectivity index (χ1v) is 8.70. The van der Waals surface area contributed by atoms with Crippen LogP contribution in [0.15, 0.2) is 48.7 Å². The molecule has 0 aliphatic carbocycles. The number of aromatic nitrogens is 1. The summed E-state index contributed by atoms with van der Waals surface area (Å²) in [6, 6.07) is 14.5. The van der Waals surface area contributed by atoms with Crippen molar-refractivity contribution in [2.75, 3.05) is 20.8 Å². The molecule has 132 valence electrons. The molecule has 1 heterocycles. The van der Waals surface area contributed by atoms with Gasteiger partial charge in [0.05, 0.1) is 14.2 Å². The predicted molar refractivity (Wildman–Crippen MR) is 103 cm³/mol. The second kappa shape index (κ2) is 7.62. The summed E-state index contributed by atoms with van der Waals surface area (Å²) >= 11 is 0. The molecule has 3 rings (SSSR count). The third kappa shape index (κ3) is 3.35. The topological polar surface area (TPSA) is 49.4 Å². The molecule has 4 heteroatoms. The van der Waals surface area contributed by atoms with Gasteiger partial charge in [0, 0.05) is 35.6 Å². The van der Waals surface area contributed by atoms with Crippen molar-refractivity contribution >= 4 is 10.9 Å². The number of methoxy groups -OCH3 is 2. The summed E-state index contributed by atoms with van der Waals surface area (Å²) in [5.41, 5.74) is 9.86. The molecule has 0 saturated heterocycles. The Morgan fingerprint density at radius 2 is 1.88 bits per heavy atom. The van der Waals surface area contributed by atoms with Crippen molar-refractivity contribution in [1.82, 2.24) is 4.57 Å². The van der Waals surface area contributed by atoms with E-state index in [4.69, 9.17) is 15.2 Å². The Labute approximate surface area is 149 Å². The van der Waals surface area contributed by atoms with Crippen LogP contribution in [0, 0.1) is 0 Å². The first-order valence-electron chi connectivity index (χ1n) is 8.70. The van der Waals surface area contributed by atoms with Crippen molar-refractivity contribution in [2.45, 2.75) is 25.8 Å². The lowest BCUT2D eigenvalue weighted by Crippen LogP contribution is -2.16. The quantitative estimate of drug-likeness (QED) is 0.709. The van der Waals surface area contributed by atoms with E-state index in [1.54, 1.807) is 14.2 Å². The van der Waals surface area contributed by atoms with E-state index in [-0.39, 0.29) is 5.92 Å². The Morgan fingerprint density at radius 3 is 2.56 bits per heavy atom. The number of fused-ring (bicyclic) bond motifs is 1. The number of benzene rings is 2. The van der Waals surface area contributed by atoms with Crippen molar-refractivity contribution < 1.29 is 9.47 Å². The highest BCUT2D eigenvalue weighted by Gasteiger charge is 2.18. The molecular formula is C21H26N2O2. The van der Waals surface area contributed by atoms with Crippen LogP contribution < -0.4 is 15.2 Å². The second-order valence-electron chi connectivity index (χ2n) is 6.20. The molecule has 1 unspecified atom stereocenters. The van der Waals surface area contributed by atoms with Crippen molar-refractivity contribution in [3.05, 3.63) is 59.8 Å². The molecule has 0 spiro atoms. The largest absolute Gasteiger partial charge is 0.497 e. The highest BCUT2D eigenvalue weighted by Crippen LogP contribution is 2.34. The van der Waals surface area contributed by atoms with E-state index in [1.807, 2.05) is 12.1 Å². The number of nitrogens with zero attached hydrogens (tertiary/aromatic N) is 1. The summed E-state index contributed by atoms with van der Waals surface area (Å²) in [5, 5.41) is 1.30. The molecule has 2 aromatic carbocycles. The molecule has 1 atom stereocenters. The smallest absolute Gasteiger partial charge is 0.126 e. The number of para-hydroxylation sites is 1. The molecule has 0 aliphatic rings. The van der Waals surface area contributed by atoms with Gasteiger partial charge >= 0.3 is 0 Å². The zero-order chi connectivity index (χ0) is 17.8. The van der Waals surface area contributed by atoms with Crippen LogP contribution in [0.3, 0.4) is 0 Å². The molecule has 0 saturated carbocycles. The highest BCUT2D eigenvalue weighted by molar-refractivity contribution is 5.84. The maximum Gasteiger partial charge on any atom is 0.126 e. The van der Waals surface area contributed by atoms with E-state index in [1.165, 1.54) is 16.5 Å². The molecule has 0 bridgehead atoms. The van der Waals surface area contributed by atoms with E-state index >= 15 is 0 Å². The van der Waals surface area contributed by atoms with Crippen LogP contribution in [-0.2, 0) is 13.0 Å². The van der Waals surface area contributed by atoms with Crippen LogP contribution >= 0.6 is 0 Å². The minimum Gasteiger partial charge on any atom is -0.497 e. The molecule has 0 radical (unpaired) electrons. The summed E-state index contributed by atoms with van der Waals surface area (Å²) in [6.45, 7) is 3.69. The zero-order valence-corrected chi connectivity index (χ0v) is 15.2. The standard InChI is InChI=1S/C21H26N2O2/c1-4-23-14-16(18-7-5-6-8-20(18)23)11-15(13-22)19-10-9-17(24-2)12-21(19)25-3/h5-10,12,14-15H,4,11,13,22H2,1-3H3. The molecule has 3 aromatic rings. The number of hydrogen-bond donors (Lipinski definition) is 1. The normalized spacial score (nSPS) is 12.3. The van der Waals surface area contributed by atoms with Crippen LogP contribution in [0.25, 0.3) is 10.9 Å². The van der Waals surface area contributed by atoms with Crippen LogP contribution in [0.1, 0.15) is 24.0 Å². The number of rotatable bonds is 7. The van der Waals surface area contributed by atoms with Crippen LogP contribution in [0.2, 0.25) is 0 Å². The number of aryl methyl sites for hydroxylation is 1. The van der Waals surface area contributed by atoms with Gasteiger partial charge in [0.25, 0.3) is 0 Å². The summed E-state index contributed by atoms with van der Waals surface area (Å²) in [4.78, 5) is 0. The Kier molecular flexibility index (Phi) is 5.29. The molecule has 4 nitrogen and oxygen atoms in total. The lowest BCUT2D eigenvalue weighted by molar-refractivity contribution is 0.388. The van der Waals surface area contributed by atoms with Gasteiger partial charge < -0.3 is 19.8 Å². The van der Waals surface area contributed by atoms with Gasteiger partial charge in [-0.25, -0.2) is 0 Å². The van der Waals surface area contributed by atoms with E-state index in [9.17, 15) is 0 Å². The van der Waals surface area contributed by atoms with E-state index in [2.05, 4.69) is 48.0 Å². The maximum absolute atomic E-state index is 6.14. The average molecular weight is 338 g/mol. The third-order valence-corrected chi connectivity index (χ3v) is 4.84. The Hall–Kier alpha value is -2.46. The number of hydrogen-bond acceptors (Lipinski definition) is 3. The van der Waals surface area contributed by atoms with Crippen molar-refractivity contribution in [3.63, 3.8) is 0 Å². The molecule has 2 N–H and O–H groups in total. The summed E-state index contributed by atoms with van der Waals surface area (Å²) in [7, 11) is 3.35. The van der Waals surface area contributed by atoms with Gasteiger partial charge in [-0.05, 0) is 43.1 Å². The first-order chi connectivity index (χ1) is 12.2. The lowest BCUT2D eigenvalue weighted by Gasteiger charge is -2.19. The SMILES string of the molecule is CCn1cc(CC(CN)c2ccc(OC)cc2OC)c2ccccc21. The van der Waals surface area contributed by atoms with E-state index in [0.29, 0.717) is 6.54 Å². The molecule has 1 aromatic heterocycles. The molecule has 0 aliphatic heterocycles. The van der Waals surface area contributed by atoms with Gasteiger partial charge in [-0.2, -0.15) is 0 Å². The van der Waals surface area contributed by atoms with Crippen molar-refractivity contribution in [2.24, 2.45) is 5.73 Å². The molecular weight excluding hydrogens is 312 g/mol. The molecule has 0 fully saturated rings. The Bertz CT molecular complexity index is 854. The second-order valence-corrected chi connectivity index (χ2v) is 6.20. The van der Waals surface area contributed by atoms with Gasteiger partial charge in [0.1, 0.15) is 11.5 Å². The fraction of sp³-hybridized carbons (Fsp3) is 0.333. The highest BCUT2D eigenvalue weighted by atomic mass is 16.5. The first kappa shape index (κ1) is 17.4. The van der Waals surface area contributed by atoms with Gasteiger partial charge in [-0.1, -0.05) is 24.3 Å². The van der Waals surface area contributed by atoms with Gasteiger partial charge in [-0.15, -0.1) is 0 Å². The number of nitrogens with two attached hydrogens (primary N) is 1. The van der Waals surface area contributed by atoms with E-state index in [0.717, 1.165) is 30.0 Å². The monoisotopic (exact) mass is 338 g/mol. The summed E-state index contributed by atoms with van der Waals surface area (Å²) in [6.07, 6.45) is 3.13. The van der Waals surface area contributed by atoms with Crippen molar-refractivity contribution in [1.29, 1.82) is 0 Å². The van der Waals surface area contributed by atoms with Crippen LogP contribution in [-0.4, -0.2) is 25.3 Å². The fourth-order valence-corrected chi connectivity index (χ4v) is 3.49. The predicted octanol–water partition coefficient (Wildman–Crippen LogP) is 3.96. The lowest BCUT2D eigenvalue weighted by atomic mass is 9.91. The Morgan fingerprint density at radius 1 is 1.08 bits per heavy atom. The summed E-state index contributed by atoms with van der Waals surface area (Å²) in [5.74, 6) is 1.81. The van der Waals surface area contributed by atoms with Crippen molar-refractivity contribution in [3.8, 4) is 11.5 Å². The van der Waals surface area contributed by atoms with Gasteiger partial charge in [0.2, 0.25) is 0 Å². The molecule has 25 heavy (non-hydrogen) atoms. The van der Waals surface area contributed by atoms with Gasteiger partial charge in [0.15, 0.2) is 0 Å². The Balaban J connectivity index is 1.98. The zero-order valence-electron chi connectivity index (χ0n) is 15.2. The average Bonchev–Trinajstić information content (AvgIpc) is 3.03. The van der Waals surface area contributed by atoms with E-state index < -0.39 is 0 Å². The van der Waals surface area contributed by atoms with Crippen LogP contribution in [0.5, 0.6) is 11.5 Å².